The molecule has 0 saturated carbocycles. The predicted octanol–water partition coefficient (Wildman–Crippen LogP) is 2.24. The van der Waals surface area contributed by atoms with Crippen molar-refractivity contribution in [1.29, 1.82) is 0 Å². The van der Waals surface area contributed by atoms with E-state index < -0.39 is 0 Å². The molecule has 0 N–H and O–H groups in total. The monoisotopic (exact) mass is 237 g/mol. The van der Waals surface area contributed by atoms with Crippen LogP contribution in [-0.2, 0) is 7.05 Å². The summed E-state index contributed by atoms with van der Waals surface area (Å²) in [5, 5.41) is 7.96. The van der Waals surface area contributed by atoms with Crippen LogP contribution in [0, 0.1) is 0 Å². The molecule has 66 valence electrons. The molecule has 0 fully saturated rings. The van der Waals surface area contributed by atoms with Gasteiger partial charge in [0.15, 0.2) is 0 Å². The molecule has 0 bridgehead atoms. The minimum absolute atomic E-state index is 0.878. The van der Waals surface area contributed by atoms with Crippen LogP contribution in [0.4, 0.5) is 0 Å². The maximum absolute atomic E-state index is 4.05. The minimum atomic E-state index is 0.878. The van der Waals surface area contributed by atoms with E-state index in [4.69, 9.17) is 0 Å². The van der Waals surface area contributed by atoms with Gasteiger partial charge in [0.05, 0.1) is 0 Å². The molecule has 2 aromatic rings. The quantitative estimate of drug-likeness (QED) is 0.762. The first kappa shape index (κ1) is 8.44. The predicted molar refractivity (Wildman–Crippen MR) is 54.1 cm³/mol. The van der Waals surface area contributed by atoms with Gasteiger partial charge < -0.3 is 0 Å². The number of hydrogen-bond donors (Lipinski definition) is 0. The topological polar surface area (TPSA) is 30.7 Å². The second-order valence-electron chi connectivity index (χ2n) is 2.72. The molecule has 1 aromatic heterocycles. The van der Waals surface area contributed by atoms with Crippen LogP contribution in [0.2, 0.25) is 0 Å². The standard InChI is InChI=1S/C9H8BrN3/c1-13-9(10)8(11-12-13)7-5-3-2-4-6-7/h2-6H,1H3. The lowest BCUT2D eigenvalue weighted by Crippen LogP contribution is -1.89. The Balaban J connectivity index is 2.53. The summed E-state index contributed by atoms with van der Waals surface area (Å²) in [5.74, 6) is 0. The van der Waals surface area contributed by atoms with Crippen LogP contribution in [0.15, 0.2) is 34.9 Å². The number of halogens is 1. The van der Waals surface area contributed by atoms with E-state index in [1.807, 2.05) is 37.4 Å². The molecule has 0 atom stereocenters. The van der Waals surface area contributed by atoms with Gasteiger partial charge in [-0.15, -0.1) is 5.10 Å². The third-order valence-corrected chi connectivity index (χ3v) is 2.69. The number of nitrogens with zero attached hydrogens (tertiary/aromatic N) is 3. The summed E-state index contributed by atoms with van der Waals surface area (Å²) in [6, 6.07) is 9.96. The normalized spacial score (nSPS) is 10.3. The molecule has 0 aliphatic rings. The largest absolute Gasteiger partial charge is 0.241 e. The van der Waals surface area contributed by atoms with Crippen molar-refractivity contribution < 1.29 is 0 Å². The summed E-state index contributed by atoms with van der Waals surface area (Å²) in [6.07, 6.45) is 0. The van der Waals surface area contributed by atoms with Gasteiger partial charge in [-0.25, -0.2) is 4.68 Å². The molecule has 13 heavy (non-hydrogen) atoms. The number of rotatable bonds is 1. The van der Waals surface area contributed by atoms with Gasteiger partial charge in [0.1, 0.15) is 10.3 Å². The third-order valence-electron chi connectivity index (χ3n) is 1.81. The van der Waals surface area contributed by atoms with Crippen molar-refractivity contribution in [3.63, 3.8) is 0 Å². The SMILES string of the molecule is Cn1nnc(-c2ccccc2)c1Br. The van der Waals surface area contributed by atoms with E-state index in [0.717, 1.165) is 15.9 Å². The van der Waals surface area contributed by atoms with Crippen LogP contribution in [0.1, 0.15) is 0 Å². The average molecular weight is 238 g/mol. The Morgan fingerprint density at radius 1 is 1.23 bits per heavy atom. The number of benzene rings is 1. The molecule has 0 saturated heterocycles. The molecule has 0 aliphatic heterocycles. The molecule has 1 heterocycles. The van der Waals surface area contributed by atoms with E-state index in [-0.39, 0.29) is 0 Å². The van der Waals surface area contributed by atoms with Crippen LogP contribution in [0.25, 0.3) is 11.3 Å². The van der Waals surface area contributed by atoms with Gasteiger partial charge in [-0.2, -0.15) is 0 Å². The summed E-state index contributed by atoms with van der Waals surface area (Å²) in [7, 11) is 1.85. The van der Waals surface area contributed by atoms with Crippen molar-refractivity contribution in [3.8, 4) is 11.3 Å². The van der Waals surface area contributed by atoms with Crippen molar-refractivity contribution in [3.05, 3.63) is 34.9 Å². The molecule has 0 aliphatic carbocycles. The second-order valence-corrected chi connectivity index (χ2v) is 3.47. The highest BCUT2D eigenvalue weighted by molar-refractivity contribution is 9.10. The Labute approximate surface area is 84.5 Å². The van der Waals surface area contributed by atoms with Crippen molar-refractivity contribution in [2.75, 3.05) is 0 Å². The first-order chi connectivity index (χ1) is 6.29. The number of aryl methyl sites for hydroxylation is 1. The molecular formula is C9H8BrN3. The van der Waals surface area contributed by atoms with Gasteiger partial charge in [0, 0.05) is 12.6 Å². The van der Waals surface area contributed by atoms with Gasteiger partial charge in [0.25, 0.3) is 0 Å². The minimum Gasteiger partial charge on any atom is -0.241 e. The summed E-state index contributed by atoms with van der Waals surface area (Å²) in [4.78, 5) is 0. The maximum atomic E-state index is 4.05. The van der Waals surface area contributed by atoms with Gasteiger partial charge in [-0.1, -0.05) is 35.5 Å². The highest BCUT2D eigenvalue weighted by Gasteiger charge is 2.08. The Hall–Kier alpha value is -1.16. The van der Waals surface area contributed by atoms with E-state index >= 15 is 0 Å². The maximum Gasteiger partial charge on any atom is 0.132 e. The van der Waals surface area contributed by atoms with E-state index in [0.29, 0.717) is 0 Å². The fourth-order valence-electron chi connectivity index (χ4n) is 1.12. The van der Waals surface area contributed by atoms with E-state index in [1.165, 1.54) is 0 Å². The number of aromatic nitrogens is 3. The summed E-state index contributed by atoms with van der Waals surface area (Å²) < 4.78 is 2.60. The molecule has 4 heteroatoms. The van der Waals surface area contributed by atoms with E-state index in [2.05, 4.69) is 26.2 Å². The lowest BCUT2D eigenvalue weighted by molar-refractivity contribution is 0.702. The van der Waals surface area contributed by atoms with Crippen molar-refractivity contribution >= 4 is 15.9 Å². The summed E-state index contributed by atoms with van der Waals surface area (Å²) >= 11 is 3.42. The molecular weight excluding hydrogens is 230 g/mol. The lowest BCUT2D eigenvalue weighted by atomic mass is 10.2. The molecule has 0 unspecified atom stereocenters. The average Bonchev–Trinajstić information content (AvgIpc) is 2.49. The van der Waals surface area contributed by atoms with Crippen LogP contribution in [-0.4, -0.2) is 15.0 Å². The zero-order chi connectivity index (χ0) is 9.26. The molecule has 0 radical (unpaired) electrons. The molecule has 3 nitrogen and oxygen atoms in total. The Morgan fingerprint density at radius 3 is 2.46 bits per heavy atom. The summed E-state index contributed by atoms with van der Waals surface area (Å²) in [6.45, 7) is 0. The first-order valence-electron chi connectivity index (χ1n) is 3.89. The fourth-order valence-corrected chi connectivity index (χ4v) is 1.50. The van der Waals surface area contributed by atoms with E-state index in [9.17, 15) is 0 Å². The molecule has 0 amide bonds. The smallest absolute Gasteiger partial charge is 0.132 e. The zero-order valence-corrected chi connectivity index (χ0v) is 8.69. The molecule has 0 spiro atoms. The lowest BCUT2D eigenvalue weighted by Gasteiger charge is -1.95. The van der Waals surface area contributed by atoms with Crippen molar-refractivity contribution in [2.45, 2.75) is 0 Å². The van der Waals surface area contributed by atoms with Gasteiger partial charge >= 0.3 is 0 Å². The van der Waals surface area contributed by atoms with Crippen molar-refractivity contribution in [1.82, 2.24) is 15.0 Å². The van der Waals surface area contributed by atoms with Gasteiger partial charge in [-0.3, -0.25) is 0 Å². The Kier molecular flexibility index (Phi) is 2.14. The van der Waals surface area contributed by atoms with Crippen LogP contribution >= 0.6 is 15.9 Å². The first-order valence-corrected chi connectivity index (χ1v) is 4.69. The Morgan fingerprint density at radius 2 is 1.92 bits per heavy atom. The Bertz CT molecular complexity index is 408. The van der Waals surface area contributed by atoms with Crippen molar-refractivity contribution in [2.24, 2.45) is 7.05 Å². The van der Waals surface area contributed by atoms with Gasteiger partial charge in [0.2, 0.25) is 0 Å². The van der Waals surface area contributed by atoms with Crippen LogP contribution in [0.5, 0.6) is 0 Å². The fraction of sp³-hybridized carbons (Fsp3) is 0.111. The van der Waals surface area contributed by atoms with Gasteiger partial charge in [-0.05, 0) is 15.9 Å². The van der Waals surface area contributed by atoms with E-state index in [1.54, 1.807) is 4.68 Å². The second kappa shape index (κ2) is 3.30. The summed E-state index contributed by atoms with van der Waals surface area (Å²) in [5.41, 5.74) is 1.95. The number of hydrogen-bond acceptors (Lipinski definition) is 2. The molecule has 1 aromatic carbocycles. The highest BCUT2D eigenvalue weighted by atomic mass is 79.9. The van der Waals surface area contributed by atoms with Crippen LogP contribution < -0.4 is 0 Å². The highest BCUT2D eigenvalue weighted by Crippen LogP contribution is 2.24. The zero-order valence-electron chi connectivity index (χ0n) is 7.11. The third kappa shape index (κ3) is 1.49. The molecule has 2 rings (SSSR count). The van der Waals surface area contributed by atoms with Crippen LogP contribution in [0.3, 0.4) is 0 Å².